The van der Waals surface area contributed by atoms with Crippen molar-refractivity contribution in [3.05, 3.63) is 39.8 Å². The zero-order chi connectivity index (χ0) is 16.1. The van der Waals surface area contributed by atoms with Crippen LogP contribution in [0.3, 0.4) is 0 Å². The van der Waals surface area contributed by atoms with Crippen LogP contribution in [-0.4, -0.2) is 4.98 Å². The van der Waals surface area contributed by atoms with Crippen molar-refractivity contribution in [3.8, 4) is 0 Å². The Morgan fingerprint density at radius 1 is 0.900 bits per heavy atom. The molecule has 0 aromatic carbocycles. The minimum atomic E-state index is -6.06. The predicted molar refractivity (Wildman–Crippen MR) is 95.0 cm³/mol. The van der Waals surface area contributed by atoms with Gasteiger partial charge in [0.25, 0.3) is 0 Å². The minimum absolute atomic E-state index is 0.993. The van der Waals surface area contributed by atoms with Gasteiger partial charge in [0, 0.05) is 0 Å². The molecule has 0 amide bonds. The molecule has 1 nitrogen and oxygen atoms in total. The van der Waals surface area contributed by atoms with Crippen molar-refractivity contribution in [1.29, 1.82) is 0 Å². The van der Waals surface area contributed by atoms with Gasteiger partial charge < -0.3 is 0 Å². The van der Waals surface area contributed by atoms with Gasteiger partial charge in [0.1, 0.15) is 0 Å². The number of nitrogens with one attached hydrogen (secondary N) is 1. The maximum absolute atomic E-state index is 6.06. The van der Waals surface area contributed by atoms with E-state index < -0.39 is 9.88 Å². The molecule has 0 unspecified atom stereocenters. The number of rotatable bonds is 2. The SMILES string of the molecule is [CH3][Zr]([CH3])([CH3])([CH3])([CH3])([CH3])([CH3])([CH3])([CH3])([C]1=CC=CC1)[c]1ccc[nH]1. The molecule has 0 bridgehead atoms. The van der Waals surface area contributed by atoms with E-state index in [0.717, 1.165) is 6.42 Å². The van der Waals surface area contributed by atoms with E-state index in [1.165, 1.54) is 6.68 Å². The number of allylic oxidation sites excluding steroid dienone is 4. The number of H-pyrrole nitrogens is 1. The molecule has 0 spiro atoms. The Bertz CT molecular complexity index is 824. The summed E-state index contributed by atoms with van der Waals surface area (Å²) in [6.07, 6.45) is 9.88. The van der Waals surface area contributed by atoms with Crippen molar-refractivity contribution in [2.75, 3.05) is 0 Å². The molecule has 20 heavy (non-hydrogen) atoms. The molecule has 117 valence electrons. The molecule has 0 saturated carbocycles. The van der Waals surface area contributed by atoms with E-state index >= 15 is 0 Å². The summed E-state index contributed by atoms with van der Waals surface area (Å²) in [5.74, 6) is 0. The van der Waals surface area contributed by atoms with E-state index in [1.807, 2.05) is 0 Å². The monoisotopic (exact) mass is 356 g/mol. The van der Waals surface area contributed by atoms with Gasteiger partial charge in [0.2, 0.25) is 0 Å². The average molecular weight is 358 g/mol. The Balaban J connectivity index is 3.58. The fourth-order valence-corrected chi connectivity index (χ4v) is 21.9. The molecule has 0 atom stereocenters. The zero-order valence-corrected chi connectivity index (χ0v) is 17.6. The summed E-state index contributed by atoms with van der Waals surface area (Å²) >= 11 is 0. The van der Waals surface area contributed by atoms with Crippen molar-refractivity contribution in [3.63, 3.8) is 0 Å². The molecule has 1 aromatic rings. The number of aromatic amines is 1. The Morgan fingerprint density at radius 2 is 1.45 bits per heavy atom. The fraction of sp³-hybridized carbons (Fsp3) is 0.556. The first kappa shape index (κ1) is 16.0. The van der Waals surface area contributed by atoms with Gasteiger partial charge in [-0.2, -0.15) is 0 Å². The van der Waals surface area contributed by atoms with Gasteiger partial charge in [-0.1, -0.05) is 0 Å². The van der Waals surface area contributed by atoms with E-state index in [-0.39, 0.29) is 0 Å². The first-order valence-corrected chi connectivity index (χ1v) is 32.8. The Hall–Kier alpha value is -0.357. The van der Waals surface area contributed by atoms with E-state index in [1.54, 1.807) is 0 Å². The molecule has 1 heterocycles. The maximum atomic E-state index is 3.63. The molecule has 2 rings (SSSR count). The normalized spacial score (nSPS) is 33.5. The summed E-state index contributed by atoms with van der Waals surface area (Å²) in [5, 5.41) is 0. The van der Waals surface area contributed by atoms with Gasteiger partial charge in [0.15, 0.2) is 0 Å². The molecule has 1 aliphatic rings. The Labute approximate surface area is 106 Å². The Morgan fingerprint density at radius 3 is 1.80 bits per heavy atom. The molecule has 0 saturated heterocycles. The molecule has 0 radical (unpaired) electrons. The molecule has 0 fully saturated rings. The second-order valence-corrected chi connectivity index (χ2v) is 139. The van der Waals surface area contributed by atoms with Crippen LogP contribution in [0, 0.1) is 0 Å². The summed E-state index contributed by atoms with van der Waals surface area (Å²) in [6, 6.07) is 4.40. The van der Waals surface area contributed by atoms with Crippen LogP contribution in [0.4, 0.5) is 0 Å². The van der Waals surface area contributed by atoms with Crippen LogP contribution in [0.25, 0.3) is 0 Å². The van der Waals surface area contributed by atoms with E-state index in [4.69, 9.17) is 0 Å². The van der Waals surface area contributed by atoms with E-state index in [9.17, 15) is 0 Å². The summed E-state index contributed by atoms with van der Waals surface area (Å²) in [7, 11) is -6.06. The molecule has 2 heteroatoms. The summed E-state index contributed by atoms with van der Waals surface area (Å²) < 4.78 is 25.6. The van der Waals surface area contributed by atoms with Crippen LogP contribution >= 0.6 is 0 Å². The molecule has 1 aromatic heterocycles. The van der Waals surface area contributed by atoms with Crippen molar-refractivity contribution < 1.29 is 9.88 Å². The zero-order valence-electron chi connectivity index (χ0n) is 15.2. The van der Waals surface area contributed by atoms with E-state index in [0.29, 0.717) is 0 Å². The van der Waals surface area contributed by atoms with Gasteiger partial charge in [-0.25, -0.2) is 0 Å². The first-order valence-electron chi connectivity index (χ1n) is 8.21. The molecular weight excluding hydrogens is 321 g/mol. The standard InChI is InChI=1S/C5H5.C4H4N.9CH3.Zr/c2*1-2-4-5-3-1;;;;;;;;;;/h1-3H,4H2;1-3,5H;9*1H3;. The summed E-state index contributed by atoms with van der Waals surface area (Å²) in [4.78, 5) is 3.63. The van der Waals surface area contributed by atoms with Crippen molar-refractivity contribution in [1.82, 2.24) is 4.98 Å². The molecular formula is C18H36NZr. The summed E-state index contributed by atoms with van der Waals surface area (Å²) in [6.45, 7) is 0. The number of hydrogen-bond acceptors (Lipinski definition) is 0. The van der Waals surface area contributed by atoms with Crippen LogP contribution in [-0.2, 0) is 9.88 Å². The summed E-state index contributed by atoms with van der Waals surface area (Å²) in [5.41, 5.74) is 0. The van der Waals surface area contributed by atoms with Crippen LogP contribution in [0.1, 0.15) is 6.42 Å². The van der Waals surface area contributed by atoms with Crippen molar-refractivity contribution in [2.45, 2.75) is 48.1 Å². The van der Waals surface area contributed by atoms with Crippen molar-refractivity contribution in [2.24, 2.45) is 0 Å². The van der Waals surface area contributed by atoms with Gasteiger partial charge in [0.05, 0.1) is 0 Å². The number of aromatic nitrogens is 1. The van der Waals surface area contributed by atoms with Crippen molar-refractivity contribution >= 4 is 3.40 Å². The third kappa shape index (κ3) is 1.70. The quantitative estimate of drug-likeness (QED) is 0.597. The third-order valence-corrected chi connectivity index (χ3v) is 36.2. The molecule has 0 aliphatic heterocycles. The topological polar surface area (TPSA) is 15.8 Å². The first-order chi connectivity index (χ1) is 7.69. The average Bonchev–Trinajstić information content (AvgIpc) is 2.74. The van der Waals surface area contributed by atoms with Crippen LogP contribution in [0.5, 0.6) is 0 Å². The van der Waals surface area contributed by atoms with Gasteiger partial charge in [-0.3, -0.25) is 0 Å². The number of hydrogen-bond donors (Lipinski definition) is 1. The van der Waals surface area contributed by atoms with Gasteiger partial charge in [-0.05, 0) is 0 Å². The van der Waals surface area contributed by atoms with Crippen LogP contribution < -0.4 is 3.40 Å². The Kier molecular flexibility index (Phi) is 0.987. The molecule has 1 N–H and O–H groups in total. The second-order valence-electron chi connectivity index (χ2n) is 25.0. The molecule has 1 aliphatic carbocycles. The predicted octanol–water partition coefficient (Wildman–Crippen LogP) is 6.82. The van der Waals surface area contributed by atoms with Crippen LogP contribution in [0.15, 0.2) is 39.8 Å². The van der Waals surface area contributed by atoms with Gasteiger partial charge >= 0.3 is 106 Å². The second kappa shape index (κ2) is 1.23. The third-order valence-electron chi connectivity index (χ3n) is 6.98. The van der Waals surface area contributed by atoms with Crippen LogP contribution in [0.2, 0.25) is 41.7 Å². The van der Waals surface area contributed by atoms with E-state index in [2.05, 4.69) is 83.2 Å². The van der Waals surface area contributed by atoms with Gasteiger partial charge in [-0.15, -0.1) is 0 Å². The fourth-order valence-electron chi connectivity index (χ4n) is 4.19.